The number of nitrogens with zero attached hydrogens (tertiary/aromatic N) is 3. The second kappa shape index (κ2) is 7.19. The predicted octanol–water partition coefficient (Wildman–Crippen LogP) is -1.78. The van der Waals surface area contributed by atoms with Crippen LogP contribution >= 0.6 is 0 Å². The van der Waals surface area contributed by atoms with Crippen LogP contribution in [0.2, 0.25) is 0 Å². The number of hydrogen-bond acceptors (Lipinski definition) is 9. The zero-order valence-corrected chi connectivity index (χ0v) is 12.6. The molecule has 2 rings (SSSR count). The van der Waals surface area contributed by atoms with E-state index in [1.165, 1.54) is 4.57 Å². The van der Waals surface area contributed by atoms with E-state index in [9.17, 15) is 30.2 Å². The van der Waals surface area contributed by atoms with Crippen molar-refractivity contribution in [2.24, 2.45) is 0 Å². The number of aromatic nitrogens is 2. The SMILES string of the molecule is CCn1c([N+](=O)[O-])cnc1CO[C@@H]1O[C@H](C(=O)O)[C@@H](O)[C@H](O)[C@H]1O. The molecule has 134 valence electrons. The van der Waals surface area contributed by atoms with Gasteiger partial charge < -0.3 is 40.0 Å². The molecule has 0 radical (unpaired) electrons. The van der Waals surface area contributed by atoms with Crippen molar-refractivity contribution in [3.05, 3.63) is 22.1 Å². The molecule has 12 heteroatoms. The van der Waals surface area contributed by atoms with E-state index in [2.05, 4.69) is 4.98 Å². The third kappa shape index (κ3) is 3.37. The summed E-state index contributed by atoms with van der Waals surface area (Å²) in [6.45, 7) is 1.56. The van der Waals surface area contributed by atoms with E-state index in [1.807, 2.05) is 0 Å². The summed E-state index contributed by atoms with van der Waals surface area (Å²) in [6, 6.07) is 0. The number of aliphatic hydroxyl groups is 3. The Morgan fingerprint density at radius 2 is 2.08 bits per heavy atom. The summed E-state index contributed by atoms with van der Waals surface area (Å²) in [6.07, 6.45) is -7.60. The fraction of sp³-hybridized carbons (Fsp3) is 0.667. The summed E-state index contributed by atoms with van der Waals surface area (Å²) in [5, 5.41) is 48.9. The topological polar surface area (TPSA) is 177 Å². The zero-order valence-electron chi connectivity index (χ0n) is 12.6. The van der Waals surface area contributed by atoms with Crippen molar-refractivity contribution >= 4 is 11.8 Å². The quantitative estimate of drug-likeness (QED) is 0.339. The van der Waals surface area contributed by atoms with Gasteiger partial charge in [-0.2, -0.15) is 0 Å². The summed E-state index contributed by atoms with van der Waals surface area (Å²) in [5.74, 6) is -1.62. The fourth-order valence-corrected chi connectivity index (χ4v) is 2.36. The maximum absolute atomic E-state index is 11.0. The minimum Gasteiger partial charge on any atom is -0.479 e. The molecule has 12 nitrogen and oxygen atoms in total. The van der Waals surface area contributed by atoms with Crippen LogP contribution in [-0.4, -0.2) is 71.6 Å². The highest BCUT2D eigenvalue weighted by molar-refractivity contribution is 5.73. The molecule has 1 aromatic rings. The van der Waals surface area contributed by atoms with Crippen LogP contribution in [-0.2, 0) is 27.4 Å². The first-order valence-corrected chi connectivity index (χ1v) is 7.00. The Labute approximate surface area is 135 Å². The Morgan fingerprint density at radius 1 is 1.42 bits per heavy atom. The molecule has 1 aliphatic rings. The van der Waals surface area contributed by atoms with Crippen LogP contribution in [0.4, 0.5) is 5.82 Å². The van der Waals surface area contributed by atoms with E-state index in [-0.39, 0.29) is 24.8 Å². The van der Waals surface area contributed by atoms with E-state index < -0.39 is 41.6 Å². The maximum Gasteiger partial charge on any atom is 0.342 e. The molecule has 0 amide bonds. The lowest BCUT2D eigenvalue weighted by molar-refractivity contribution is -0.392. The number of hydrogen-bond donors (Lipinski definition) is 4. The standard InChI is InChI=1S/C12H17N3O9/c1-2-14-5(13-3-6(14)15(21)22)4-23-12-9(18)7(16)8(17)10(24-12)11(19)20/h3,7-10,12,16-18H,2,4H2,1H3,(H,19,20)/t7-,8-,9+,10-,12+/m0/s1. The minimum absolute atomic E-state index is 0.160. The van der Waals surface area contributed by atoms with Gasteiger partial charge in [0.25, 0.3) is 0 Å². The summed E-state index contributed by atoms with van der Waals surface area (Å²) in [7, 11) is 0. The zero-order chi connectivity index (χ0) is 18.0. The highest BCUT2D eigenvalue weighted by Crippen LogP contribution is 2.24. The Kier molecular flexibility index (Phi) is 5.46. The molecule has 24 heavy (non-hydrogen) atoms. The highest BCUT2D eigenvalue weighted by atomic mass is 16.7. The average molecular weight is 347 g/mol. The number of aliphatic hydroxyl groups excluding tert-OH is 3. The second-order valence-electron chi connectivity index (χ2n) is 5.08. The lowest BCUT2D eigenvalue weighted by atomic mass is 9.99. The largest absolute Gasteiger partial charge is 0.479 e. The highest BCUT2D eigenvalue weighted by Gasteiger charge is 2.47. The Morgan fingerprint density at radius 3 is 2.62 bits per heavy atom. The molecular formula is C12H17N3O9. The third-order valence-corrected chi connectivity index (χ3v) is 3.61. The van der Waals surface area contributed by atoms with Gasteiger partial charge in [0.15, 0.2) is 12.4 Å². The molecular weight excluding hydrogens is 330 g/mol. The van der Waals surface area contributed by atoms with Crippen molar-refractivity contribution in [1.82, 2.24) is 9.55 Å². The number of nitro groups is 1. The summed E-state index contributed by atoms with van der Waals surface area (Å²) in [5.41, 5.74) is 0. The van der Waals surface area contributed by atoms with Gasteiger partial charge in [0, 0.05) is 0 Å². The smallest absolute Gasteiger partial charge is 0.342 e. The molecule has 0 unspecified atom stereocenters. The van der Waals surface area contributed by atoms with Crippen LogP contribution < -0.4 is 0 Å². The first-order valence-electron chi connectivity index (χ1n) is 7.00. The molecule has 1 fully saturated rings. The van der Waals surface area contributed by atoms with Crippen molar-refractivity contribution in [3.8, 4) is 0 Å². The molecule has 2 heterocycles. The van der Waals surface area contributed by atoms with Crippen molar-refractivity contribution < 1.29 is 39.6 Å². The fourth-order valence-electron chi connectivity index (χ4n) is 2.36. The summed E-state index contributed by atoms with van der Waals surface area (Å²) >= 11 is 0. The van der Waals surface area contributed by atoms with Crippen molar-refractivity contribution in [2.75, 3.05) is 0 Å². The van der Waals surface area contributed by atoms with E-state index in [1.54, 1.807) is 6.92 Å². The normalized spacial score (nSPS) is 30.2. The molecule has 0 spiro atoms. The van der Waals surface area contributed by atoms with Crippen LogP contribution in [0.25, 0.3) is 0 Å². The molecule has 0 aliphatic carbocycles. The van der Waals surface area contributed by atoms with Gasteiger partial charge in [0.1, 0.15) is 31.1 Å². The van der Waals surface area contributed by atoms with Gasteiger partial charge >= 0.3 is 11.8 Å². The molecule has 0 bridgehead atoms. The van der Waals surface area contributed by atoms with Crippen LogP contribution in [0, 0.1) is 10.1 Å². The van der Waals surface area contributed by atoms with Gasteiger partial charge in [-0.25, -0.2) is 14.3 Å². The lowest BCUT2D eigenvalue weighted by Crippen LogP contribution is -2.60. The first kappa shape index (κ1) is 18.2. The molecule has 4 N–H and O–H groups in total. The number of carbonyl (C=O) groups is 1. The first-order chi connectivity index (χ1) is 11.3. The monoisotopic (exact) mass is 347 g/mol. The van der Waals surface area contributed by atoms with Gasteiger partial charge in [0.05, 0.1) is 6.54 Å². The van der Waals surface area contributed by atoms with Gasteiger partial charge in [-0.05, 0) is 11.8 Å². The molecule has 1 saturated heterocycles. The number of aliphatic carboxylic acids is 1. The van der Waals surface area contributed by atoms with Crippen LogP contribution in [0.15, 0.2) is 6.20 Å². The van der Waals surface area contributed by atoms with Crippen molar-refractivity contribution in [3.63, 3.8) is 0 Å². The predicted molar refractivity (Wildman–Crippen MR) is 73.7 cm³/mol. The minimum atomic E-state index is -1.82. The molecule has 0 saturated carbocycles. The van der Waals surface area contributed by atoms with Gasteiger partial charge in [-0.15, -0.1) is 0 Å². The molecule has 0 aromatic carbocycles. The number of carboxylic acid groups (broad SMARTS) is 1. The van der Waals surface area contributed by atoms with E-state index in [0.29, 0.717) is 0 Å². The second-order valence-corrected chi connectivity index (χ2v) is 5.08. The summed E-state index contributed by atoms with van der Waals surface area (Å²) in [4.78, 5) is 25.1. The van der Waals surface area contributed by atoms with Crippen LogP contribution in [0.1, 0.15) is 12.7 Å². The van der Waals surface area contributed by atoms with Gasteiger partial charge in [-0.3, -0.25) is 0 Å². The van der Waals surface area contributed by atoms with Crippen molar-refractivity contribution in [1.29, 1.82) is 0 Å². The Bertz CT molecular complexity index is 619. The van der Waals surface area contributed by atoms with E-state index in [4.69, 9.17) is 14.6 Å². The maximum atomic E-state index is 11.0. The van der Waals surface area contributed by atoms with Gasteiger partial charge in [0.2, 0.25) is 5.82 Å². The van der Waals surface area contributed by atoms with Gasteiger partial charge in [-0.1, -0.05) is 0 Å². The van der Waals surface area contributed by atoms with E-state index >= 15 is 0 Å². The van der Waals surface area contributed by atoms with E-state index in [0.717, 1.165) is 6.20 Å². The average Bonchev–Trinajstić information content (AvgIpc) is 2.94. The van der Waals surface area contributed by atoms with Crippen molar-refractivity contribution in [2.45, 2.75) is 50.8 Å². The Hall–Kier alpha value is -2.12. The molecule has 1 aliphatic heterocycles. The van der Waals surface area contributed by atoms with Crippen LogP contribution in [0.5, 0.6) is 0 Å². The number of carboxylic acids is 1. The lowest BCUT2D eigenvalue weighted by Gasteiger charge is -2.38. The Balaban J connectivity index is 2.11. The molecule has 5 atom stereocenters. The number of rotatable bonds is 6. The number of ether oxygens (including phenoxy) is 2. The number of imidazole rings is 1. The third-order valence-electron chi connectivity index (χ3n) is 3.61. The van der Waals surface area contributed by atoms with Crippen LogP contribution in [0.3, 0.4) is 0 Å². The summed E-state index contributed by atoms with van der Waals surface area (Å²) < 4.78 is 11.4. The molecule has 1 aromatic heterocycles.